The maximum absolute atomic E-state index is 5.46. The van der Waals surface area contributed by atoms with Gasteiger partial charge in [-0.15, -0.1) is 0 Å². The van der Waals surface area contributed by atoms with Gasteiger partial charge in [0.2, 0.25) is 0 Å². The molecule has 1 aromatic carbocycles. The topological polar surface area (TPSA) is 18.5 Å². The average molecular weight is 229 g/mol. The van der Waals surface area contributed by atoms with E-state index in [0.717, 1.165) is 16.0 Å². The summed E-state index contributed by atoms with van der Waals surface area (Å²) in [5.41, 5.74) is 1.17. The summed E-state index contributed by atoms with van der Waals surface area (Å²) in [6.07, 6.45) is 0. The van der Waals surface area contributed by atoms with Gasteiger partial charge in [-0.25, -0.2) is 0 Å². The van der Waals surface area contributed by atoms with Gasteiger partial charge in [-0.2, -0.15) is 0 Å². The molecule has 0 N–H and O–H groups in total. The summed E-state index contributed by atoms with van der Waals surface area (Å²) in [5, 5.41) is 0. The van der Waals surface area contributed by atoms with E-state index >= 15 is 0 Å². The third-order valence-corrected chi connectivity index (χ3v) is 2.83. The number of ether oxygens (including phenoxy) is 2. The van der Waals surface area contributed by atoms with E-state index in [1.807, 2.05) is 19.1 Å². The molecule has 2 rings (SSSR count). The Morgan fingerprint density at radius 1 is 1.25 bits per heavy atom. The standard InChI is InChI=1S/C9H9BrO2/c1-6-2-3-7-9(8(6)10)12-5-4-11-7/h2-3H,4-5H2,1H3. The van der Waals surface area contributed by atoms with Crippen molar-refractivity contribution in [1.82, 2.24) is 0 Å². The summed E-state index contributed by atoms with van der Waals surface area (Å²) in [7, 11) is 0. The van der Waals surface area contributed by atoms with E-state index in [-0.39, 0.29) is 0 Å². The maximum Gasteiger partial charge on any atom is 0.175 e. The van der Waals surface area contributed by atoms with E-state index in [4.69, 9.17) is 9.47 Å². The molecule has 0 saturated heterocycles. The number of hydrogen-bond donors (Lipinski definition) is 0. The molecule has 0 atom stereocenters. The lowest BCUT2D eigenvalue weighted by atomic mass is 10.2. The van der Waals surface area contributed by atoms with Crippen molar-refractivity contribution in [2.75, 3.05) is 13.2 Å². The molecular weight excluding hydrogens is 220 g/mol. The van der Waals surface area contributed by atoms with Crippen molar-refractivity contribution in [3.63, 3.8) is 0 Å². The predicted octanol–water partition coefficient (Wildman–Crippen LogP) is 2.53. The maximum atomic E-state index is 5.46. The molecule has 3 heteroatoms. The van der Waals surface area contributed by atoms with E-state index in [1.54, 1.807) is 0 Å². The molecule has 0 spiro atoms. The van der Waals surface area contributed by atoms with Gasteiger partial charge in [0, 0.05) is 0 Å². The van der Waals surface area contributed by atoms with Crippen LogP contribution < -0.4 is 9.47 Å². The molecule has 1 heterocycles. The highest BCUT2D eigenvalue weighted by Gasteiger charge is 2.15. The van der Waals surface area contributed by atoms with Crippen molar-refractivity contribution >= 4 is 15.9 Å². The van der Waals surface area contributed by atoms with Crippen molar-refractivity contribution in [1.29, 1.82) is 0 Å². The van der Waals surface area contributed by atoms with Gasteiger partial charge in [0.15, 0.2) is 11.5 Å². The summed E-state index contributed by atoms with van der Waals surface area (Å²) in [5.74, 6) is 1.67. The zero-order chi connectivity index (χ0) is 8.55. The molecule has 0 radical (unpaired) electrons. The molecule has 1 aromatic rings. The predicted molar refractivity (Wildman–Crippen MR) is 49.9 cm³/mol. The lowest BCUT2D eigenvalue weighted by Gasteiger charge is -2.20. The molecule has 0 bridgehead atoms. The van der Waals surface area contributed by atoms with Gasteiger partial charge in [0.25, 0.3) is 0 Å². The number of halogens is 1. The number of fused-ring (bicyclic) bond motifs is 1. The second-order valence-corrected chi connectivity index (χ2v) is 3.51. The van der Waals surface area contributed by atoms with E-state index < -0.39 is 0 Å². The third kappa shape index (κ3) is 1.18. The van der Waals surface area contributed by atoms with Crippen LogP contribution in [0.4, 0.5) is 0 Å². The zero-order valence-corrected chi connectivity index (χ0v) is 8.35. The molecule has 0 amide bonds. The van der Waals surface area contributed by atoms with Gasteiger partial charge in [0.1, 0.15) is 13.2 Å². The molecule has 12 heavy (non-hydrogen) atoms. The summed E-state index contributed by atoms with van der Waals surface area (Å²) in [6.45, 7) is 3.31. The van der Waals surface area contributed by atoms with Crippen LogP contribution in [0.15, 0.2) is 16.6 Å². The minimum absolute atomic E-state index is 0.634. The first kappa shape index (κ1) is 7.92. The monoisotopic (exact) mass is 228 g/mol. The Morgan fingerprint density at radius 3 is 2.83 bits per heavy atom. The molecule has 2 nitrogen and oxygen atoms in total. The Balaban J connectivity index is 2.54. The van der Waals surface area contributed by atoms with Gasteiger partial charge >= 0.3 is 0 Å². The number of hydrogen-bond acceptors (Lipinski definition) is 2. The zero-order valence-electron chi connectivity index (χ0n) is 6.76. The normalized spacial score (nSPS) is 14.5. The first-order chi connectivity index (χ1) is 5.79. The molecule has 0 aliphatic carbocycles. The molecule has 0 unspecified atom stereocenters. The Kier molecular flexibility index (Phi) is 1.97. The molecule has 0 fully saturated rings. The fourth-order valence-electron chi connectivity index (χ4n) is 1.18. The summed E-state index contributed by atoms with van der Waals surface area (Å²) in [4.78, 5) is 0. The van der Waals surface area contributed by atoms with Gasteiger partial charge in [-0.3, -0.25) is 0 Å². The Bertz CT molecular complexity index is 310. The van der Waals surface area contributed by atoms with Gasteiger partial charge in [-0.05, 0) is 34.5 Å². The van der Waals surface area contributed by atoms with Crippen LogP contribution in [0.1, 0.15) is 5.56 Å². The van der Waals surface area contributed by atoms with Gasteiger partial charge < -0.3 is 9.47 Å². The first-order valence-corrected chi connectivity index (χ1v) is 4.63. The Morgan fingerprint density at radius 2 is 2.00 bits per heavy atom. The number of benzene rings is 1. The fourth-order valence-corrected chi connectivity index (χ4v) is 1.62. The van der Waals surface area contributed by atoms with Crippen LogP contribution >= 0.6 is 15.9 Å². The van der Waals surface area contributed by atoms with E-state index in [9.17, 15) is 0 Å². The Hall–Kier alpha value is -0.700. The van der Waals surface area contributed by atoms with Crippen molar-refractivity contribution in [3.05, 3.63) is 22.2 Å². The van der Waals surface area contributed by atoms with Crippen molar-refractivity contribution in [2.45, 2.75) is 6.92 Å². The summed E-state index contributed by atoms with van der Waals surface area (Å²) >= 11 is 3.46. The summed E-state index contributed by atoms with van der Waals surface area (Å²) < 4.78 is 11.9. The highest BCUT2D eigenvalue weighted by molar-refractivity contribution is 9.10. The van der Waals surface area contributed by atoms with Gasteiger partial charge in [-0.1, -0.05) is 6.07 Å². The second kappa shape index (κ2) is 2.98. The average Bonchev–Trinajstić information content (AvgIpc) is 2.12. The van der Waals surface area contributed by atoms with Crippen LogP contribution in [0.2, 0.25) is 0 Å². The minimum Gasteiger partial charge on any atom is -0.486 e. The quantitative estimate of drug-likeness (QED) is 0.680. The summed E-state index contributed by atoms with van der Waals surface area (Å²) in [6, 6.07) is 3.95. The first-order valence-electron chi connectivity index (χ1n) is 3.84. The van der Waals surface area contributed by atoms with Gasteiger partial charge in [0.05, 0.1) is 4.47 Å². The van der Waals surface area contributed by atoms with Crippen molar-refractivity contribution < 1.29 is 9.47 Å². The van der Waals surface area contributed by atoms with E-state index in [1.165, 1.54) is 5.56 Å². The lowest BCUT2D eigenvalue weighted by Crippen LogP contribution is -2.15. The third-order valence-electron chi connectivity index (χ3n) is 1.84. The SMILES string of the molecule is Cc1ccc2c(c1Br)OCCO2. The smallest absolute Gasteiger partial charge is 0.175 e. The van der Waals surface area contributed by atoms with Crippen LogP contribution in [0.25, 0.3) is 0 Å². The van der Waals surface area contributed by atoms with Crippen LogP contribution in [0.3, 0.4) is 0 Å². The molecule has 64 valence electrons. The van der Waals surface area contributed by atoms with Crippen molar-refractivity contribution in [2.24, 2.45) is 0 Å². The second-order valence-electron chi connectivity index (χ2n) is 2.72. The largest absolute Gasteiger partial charge is 0.486 e. The molecular formula is C9H9BrO2. The fraction of sp³-hybridized carbons (Fsp3) is 0.333. The minimum atomic E-state index is 0.634. The van der Waals surface area contributed by atoms with E-state index in [0.29, 0.717) is 13.2 Å². The molecule has 1 aliphatic rings. The van der Waals surface area contributed by atoms with Crippen molar-refractivity contribution in [3.8, 4) is 11.5 Å². The highest BCUT2D eigenvalue weighted by atomic mass is 79.9. The lowest BCUT2D eigenvalue weighted by molar-refractivity contribution is 0.170. The van der Waals surface area contributed by atoms with Crippen LogP contribution in [0, 0.1) is 6.92 Å². The molecule has 0 aromatic heterocycles. The highest BCUT2D eigenvalue weighted by Crippen LogP contribution is 2.38. The number of aryl methyl sites for hydroxylation is 1. The van der Waals surface area contributed by atoms with Crippen LogP contribution in [-0.2, 0) is 0 Å². The molecule has 1 aliphatic heterocycles. The van der Waals surface area contributed by atoms with E-state index in [2.05, 4.69) is 15.9 Å². The van der Waals surface area contributed by atoms with Crippen LogP contribution in [0.5, 0.6) is 11.5 Å². The van der Waals surface area contributed by atoms with Crippen LogP contribution in [-0.4, -0.2) is 13.2 Å². The molecule has 0 saturated carbocycles. The Labute approximate surface area is 79.6 Å². The number of rotatable bonds is 0.